The highest BCUT2D eigenvalue weighted by molar-refractivity contribution is 7.99. The maximum Gasteiger partial charge on any atom is 0.350 e. The molecule has 0 aliphatic carbocycles. The number of benzene rings is 2. The van der Waals surface area contributed by atoms with Gasteiger partial charge in [-0.3, -0.25) is 4.79 Å². The van der Waals surface area contributed by atoms with Gasteiger partial charge in [-0.15, -0.1) is 5.10 Å². The molecular formula is C21H18FN5O4S. The van der Waals surface area contributed by atoms with Crippen molar-refractivity contribution in [2.45, 2.75) is 16.5 Å². The summed E-state index contributed by atoms with van der Waals surface area (Å²) in [5, 5.41) is 7.37. The lowest BCUT2D eigenvalue weighted by Gasteiger charge is -2.10. The molecule has 0 aliphatic rings. The molecule has 0 bridgehead atoms. The van der Waals surface area contributed by atoms with E-state index in [2.05, 4.69) is 15.4 Å². The zero-order chi connectivity index (χ0) is 22.7. The first-order valence-corrected chi connectivity index (χ1v) is 10.2. The molecule has 4 aromatic rings. The summed E-state index contributed by atoms with van der Waals surface area (Å²) in [6.45, 7) is -0.307. The summed E-state index contributed by atoms with van der Waals surface area (Å²) in [7, 11) is 3.01. The van der Waals surface area contributed by atoms with Crippen LogP contribution < -0.4 is 20.5 Å². The van der Waals surface area contributed by atoms with E-state index in [0.717, 1.165) is 4.68 Å². The molecule has 2 heterocycles. The van der Waals surface area contributed by atoms with Gasteiger partial charge >= 0.3 is 5.69 Å². The lowest BCUT2D eigenvalue weighted by Crippen LogP contribution is -2.28. The minimum absolute atomic E-state index is 0.269. The van der Waals surface area contributed by atoms with Crippen LogP contribution in [-0.2, 0) is 11.3 Å². The first-order chi connectivity index (χ1) is 15.5. The lowest BCUT2D eigenvalue weighted by atomic mass is 10.2. The molecule has 1 amide bonds. The smallest absolute Gasteiger partial charge is 0.350 e. The fourth-order valence-corrected chi connectivity index (χ4v) is 3.88. The average molecular weight is 455 g/mol. The van der Waals surface area contributed by atoms with Crippen LogP contribution in [0.25, 0.3) is 5.65 Å². The Morgan fingerprint density at radius 3 is 2.72 bits per heavy atom. The number of amides is 1. The number of fused-ring (bicyclic) bond motifs is 1. The third kappa shape index (κ3) is 4.42. The van der Waals surface area contributed by atoms with Crippen molar-refractivity contribution in [1.82, 2.24) is 19.2 Å². The largest absolute Gasteiger partial charge is 0.493 e. The van der Waals surface area contributed by atoms with Gasteiger partial charge in [0.2, 0.25) is 5.91 Å². The molecule has 32 heavy (non-hydrogen) atoms. The Balaban J connectivity index is 1.56. The minimum Gasteiger partial charge on any atom is -0.493 e. The van der Waals surface area contributed by atoms with E-state index in [9.17, 15) is 14.0 Å². The van der Waals surface area contributed by atoms with Crippen molar-refractivity contribution in [1.29, 1.82) is 0 Å². The fraction of sp³-hybridized carbons (Fsp3) is 0.143. The molecule has 0 saturated heterocycles. The molecule has 4 rings (SSSR count). The number of carbonyl (C=O) groups is 1. The van der Waals surface area contributed by atoms with Gasteiger partial charge in [0.25, 0.3) is 0 Å². The zero-order valence-electron chi connectivity index (χ0n) is 17.1. The van der Waals surface area contributed by atoms with Crippen LogP contribution in [0.5, 0.6) is 11.5 Å². The van der Waals surface area contributed by atoms with Gasteiger partial charge in [0.1, 0.15) is 17.4 Å². The standard InChI is InChI=1S/C21H18FN5O4S/c1-30-16-7-6-14(11-17(16)31-2)24-18(28)12-27-21(29)26-9-8-23-20(19(26)25-27)32-15-5-3-4-13(22)10-15/h3-11H,12H2,1-2H3,(H,24,28). The Morgan fingerprint density at radius 1 is 1.16 bits per heavy atom. The van der Waals surface area contributed by atoms with E-state index in [-0.39, 0.29) is 18.0 Å². The Labute approximate surface area is 185 Å². The summed E-state index contributed by atoms with van der Waals surface area (Å²) >= 11 is 1.17. The third-order valence-electron chi connectivity index (χ3n) is 4.44. The summed E-state index contributed by atoms with van der Waals surface area (Å²) in [6.07, 6.45) is 2.91. The van der Waals surface area contributed by atoms with Crippen LogP contribution in [-0.4, -0.2) is 39.3 Å². The third-order valence-corrected chi connectivity index (χ3v) is 5.41. The van der Waals surface area contributed by atoms with Crippen molar-refractivity contribution in [3.8, 4) is 11.5 Å². The number of aromatic nitrogens is 4. The fourth-order valence-electron chi connectivity index (χ4n) is 2.99. The molecule has 0 saturated carbocycles. The molecule has 0 aliphatic heterocycles. The van der Waals surface area contributed by atoms with Gasteiger partial charge in [-0.1, -0.05) is 17.8 Å². The number of nitrogens with zero attached hydrogens (tertiary/aromatic N) is 4. The first kappa shape index (κ1) is 21.4. The Kier molecular flexibility index (Phi) is 6.08. The molecule has 0 spiro atoms. The summed E-state index contributed by atoms with van der Waals surface area (Å²) in [5.74, 6) is 0.157. The van der Waals surface area contributed by atoms with Crippen molar-refractivity contribution < 1.29 is 18.7 Å². The molecule has 0 unspecified atom stereocenters. The maximum atomic E-state index is 13.5. The van der Waals surface area contributed by atoms with Gasteiger partial charge in [-0.2, -0.15) is 0 Å². The molecule has 0 radical (unpaired) electrons. The van der Waals surface area contributed by atoms with Gasteiger partial charge in [0.15, 0.2) is 17.1 Å². The van der Waals surface area contributed by atoms with Gasteiger partial charge in [0.05, 0.1) is 14.2 Å². The molecule has 11 heteroatoms. The van der Waals surface area contributed by atoms with E-state index >= 15 is 0 Å². The van der Waals surface area contributed by atoms with Gasteiger partial charge in [0, 0.05) is 29.0 Å². The van der Waals surface area contributed by atoms with Crippen molar-refractivity contribution in [3.63, 3.8) is 0 Å². The Hall–Kier alpha value is -3.86. The maximum absolute atomic E-state index is 13.5. The van der Waals surface area contributed by atoms with Crippen LogP contribution in [0.4, 0.5) is 10.1 Å². The molecule has 0 atom stereocenters. The van der Waals surface area contributed by atoms with Crippen LogP contribution in [0.15, 0.2) is 69.6 Å². The predicted molar refractivity (Wildman–Crippen MR) is 116 cm³/mol. The number of halogens is 1. The molecular weight excluding hydrogens is 437 g/mol. The normalized spacial score (nSPS) is 10.8. The predicted octanol–water partition coefficient (Wildman–Crippen LogP) is 2.84. The van der Waals surface area contributed by atoms with E-state index in [4.69, 9.17) is 9.47 Å². The minimum atomic E-state index is -0.494. The van der Waals surface area contributed by atoms with Crippen molar-refractivity contribution in [3.05, 3.63) is 71.2 Å². The number of carbonyl (C=O) groups excluding carboxylic acids is 1. The Morgan fingerprint density at radius 2 is 1.97 bits per heavy atom. The molecule has 2 aromatic carbocycles. The number of hydrogen-bond donors (Lipinski definition) is 1. The van der Waals surface area contributed by atoms with E-state index in [1.54, 1.807) is 30.3 Å². The second-order valence-corrected chi connectivity index (χ2v) is 7.61. The van der Waals surface area contributed by atoms with Crippen molar-refractivity contribution in [2.24, 2.45) is 0 Å². The number of hydrogen-bond acceptors (Lipinski definition) is 7. The van der Waals surface area contributed by atoms with Crippen molar-refractivity contribution in [2.75, 3.05) is 19.5 Å². The van der Waals surface area contributed by atoms with Crippen LogP contribution in [0.1, 0.15) is 0 Å². The molecule has 164 valence electrons. The first-order valence-electron chi connectivity index (χ1n) is 9.38. The van der Waals surface area contributed by atoms with Gasteiger partial charge < -0.3 is 14.8 Å². The number of nitrogens with one attached hydrogen (secondary N) is 1. The van der Waals surface area contributed by atoms with Crippen LogP contribution in [0.2, 0.25) is 0 Å². The van der Waals surface area contributed by atoms with Crippen LogP contribution in [0, 0.1) is 5.82 Å². The summed E-state index contributed by atoms with van der Waals surface area (Å²) in [5.41, 5.74) is 0.255. The van der Waals surface area contributed by atoms with Gasteiger partial charge in [-0.25, -0.2) is 23.3 Å². The number of methoxy groups -OCH3 is 2. The quantitative estimate of drug-likeness (QED) is 0.457. The number of rotatable bonds is 7. The topological polar surface area (TPSA) is 99.7 Å². The van der Waals surface area contributed by atoms with E-state index in [1.165, 1.54) is 54.9 Å². The number of ether oxygens (including phenoxy) is 2. The van der Waals surface area contributed by atoms with E-state index in [1.807, 2.05) is 0 Å². The summed E-state index contributed by atoms with van der Waals surface area (Å²) < 4.78 is 26.2. The second kappa shape index (κ2) is 9.10. The van der Waals surface area contributed by atoms with Crippen LogP contribution in [0.3, 0.4) is 0 Å². The highest BCUT2D eigenvalue weighted by atomic mass is 32.2. The Bertz CT molecular complexity index is 1350. The number of anilines is 1. The molecule has 9 nitrogen and oxygen atoms in total. The SMILES string of the molecule is COc1ccc(NC(=O)Cn2nc3c(Sc4cccc(F)c4)nccn3c2=O)cc1OC. The van der Waals surface area contributed by atoms with Crippen LogP contribution >= 0.6 is 11.8 Å². The molecule has 2 aromatic heterocycles. The lowest BCUT2D eigenvalue weighted by molar-refractivity contribution is -0.117. The highest BCUT2D eigenvalue weighted by Crippen LogP contribution is 2.30. The monoisotopic (exact) mass is 455 g/mol. The van der Waals surface area contributed by atoms with E-state index in [0.29, 0.717) is 27.1 Å². The average Bonchev–Trinajstić information content (AvgIpc) is 3.10. The zero-order valence-corrected chi connectivity index (χ0v) is 17.9. The van der Waals surface area contributed by atoms with Crippen molar-refractivity contribution >= 4 is 29.0 Å². The summed E-state index contributed by atoms with van der Waals surface area (Å²) in [6, 6.07) is 10.9. The summed E-state index contributed by atoms with van der Waals surface area (Å²) in [4.78, 5) is 30.1. The molecule has 1 N–H and O–H groups in total. The molecule has 0 fully saturated rings. The van der Waals surface area contributed by atoms with Gasteiger partial charge in [-0.05, 0) is 30.3 Å². The highest BCUT2D eigenvalue weighted by Gasteiger charge is 2.16. The van der Waals surface area contributed by atoms with E-state index < -0.39 is 11.6 Å². The second-order valence-electron chi connectivity index (χ2n) is 6.54.